The first-order valence-corrected chi connectivity index (χ1v) is 7.01. The summed E-state index contributed by atoms with van der Waals surface area (Å²) in [6.45, 7) is 5.22. The van der Waals surface area contributed by atoms with Crippen LogP contribution in [0, 0.1) is 0 Å². The highest BCUT2D eigenvalue weighted by molar-refractivity contribution is 5.79. The Labute approximate surface area is 127 Å². The van der Waals surface area contributed by atoms with Crippen LogP contribution >= 0.6 is 0 Å². The van der Waals surface area contributed by atoms with Crippen LogP contribution in [0.5, 0.6) is 11.5 Å². The van der Waals surface area contributed by atoms with Crippen molar-refractivity contribution in [2.75, 3.05) is 34.4 Å². The monoisotopic (exact) mass is 291 g/mol. The first kappa shape index (κ1) is 16.9. The van der Waals surface area contributed by atoms with Gasteiger partial charge in [0.2, 0.25) is 0 Å². The summed E-state index contributed by atoms with van der Waals surface area (Å²) in [5.74, 6) is 2.32. The summed E-state index contributed by atoms with van der Waals surface area (Å²) in [6, 6.07) is 6.02. The van der Waals surface area contributed by atoms with Gasteiger partial charge >= 0.3 is 0 Å². The number of rotatable bonds is 8. The Kier molecular flexibility index (Phi) is 7.79. The van der Waals surface area contributed by atoms with E-state index in [1.165, 1.54) is 5.56 Å². The number of guanidine groups is 1. The fraction of sp³-hybridized carbons (Fsp3) is 0.438. The van der Waals surface area contributed by atoms with Crippen LogP contribution in [-0.4, -0.2) is 40.3 Å². The Hall–Kier alpha value is -2.17. The fourth-order valence-corrected chi connectivity index (χ4v) is 1.92. The van der Waals surface area contributed by atoms with Crippen molar-refractivity contribution in [1.82, 2.24) is 10.6 Å². The third-order valence-electron chi connectivity index (χ3n) is 3.02. The lowest BCUT2D eigenvalue weighted by atomic mass is 10.1. The number of benzene rings is 1. The molecule has 0 aromatic heterocycles. The molecule has 116 valence electrons. The maximum Gasteiger partial charge on any atom is 0.191 e. The maximum atomic E-state index is 5.30. The highest BCUT2D eigenvalue weighted by Crippen LogP contribution is 2.27. The molecule has 0 fully saturated rings. The molecular formula is C16H25N3O2. The minimum Gasteiger partial charge on any atom is -0.493 e. The van der Waals surface area contributed by atoms with Gasteiger partial charge in [-0.2, -0.15) is 0 Å². The molecule has 1 rings (SSSR count). The molecule has 0 heterocycles. The molecule has 2 N–H and O–H groups in total. The minimum absolute atomic E-state index is 0.704. The molecule has 0 aliphatic heterocycles. The molecule has 0 aliphatic rings. The van der Waals surface area contributed by atoms with Crippen LogP contribution in [-0.2, 0) is 6.42 Å². The number of aliphatic imine (C=N–C) groups is 1. The number of nitrogens with zero attached hydrogens (tertiary/aromatic N) is 1. The largest absolute Gasteiger partial charge is 0.493 e. The number of ether oxygens (including phenoxy) is 2. The molecule has 0 spiro atoms. The highest BCUT2D eigenvalue weighted by atomic mass is 16.5. The second-order valence-corrected chi connectivity index (χ2v) is 4.46. The number of methoxy groups -OCH3 is 2. The molecule has 0 atom stereocenters. The molecule has 5 heteroatoms. The van der Waals surface area contributed by atoms with Crippen molar-refractivity contribution in [1.29, 1.82) is 0 Å². The summed E-state index contributed by atoms with van der Waals surface area (Å²) in [4.78, 5) is 4.13. The van der Waals surface area contributed by atoms with E-state index in [2.05, 4.69) is 28.3 Å². The number of aryl methyl sites for hydroxylation is 1. The molecule has 0 saturated heterocycles. The van der Waals surface area contributed by atoms with E-state index in [4.69, 9.17) is 9.47 Å². The normalized spacial score (nSPS) is 10.9. The van der Waals surface area contributed by atoms with E-state index in [9.17, 15) is 0 Å². The van der Waals surface area contributed by atoms with Gasteiger partial charge in [0.1, 0.15) is 0 Å². The molecule has 0 bridgehead atoms. The number of hydrogen-bond donors (Lipinski definition) is 2. The Bertz CT molecular complexity index is 473. The molecule has 0 aliphatic carbocycles. The standard InChI is InChI=1S/C16H25N3O2/c1-5-10-18-16(17-2)19-11-6-7-13-8-9-14(20-3)15(12-13)21-4/h5,8-9,12H,1,6-7,10-11H2,2-4H3,(H2,17,18,19). The summed E-state index contributed by atoms with van der Waals surface area (Å²) < 4.78 is 10.5. The van der Waals surface area contributed by atoms with Gasteiger partial charge in [-0.15, -0.1) is 6.58 Å². The lowest BCUT2D eigenvalue weighted by Crippen LogP contribution is -2.37. The van der Waals surface area contributed by atoms with Gasteiger partial charge in [0.25, 0.3) is 0 Å². The van der Waals surface area contributed by atoms with E-state index in [1.807, 2.05) is 12.1 Å². The van der Waals surface area contributed by atoms with Gasteiger partial charge in [0.05, 0.1) is 14.2 Å². The van der Waals surface area contributed by atoms with E-state index in [0.29, 0.717) is 6.54 Å². The summed E-state index contributed by atoms with van der Waals surface area (Å²) in [7, 11) is 5.05. The average molecular weight is 291 g/mol. The Morgan fingerprint density at radius 1 is 1.24 bits per heavy atom. The van der Waals surface area contributed by atoms with Gasteiger partial charge in [-0.3, -0.25) is 4.99 Å². The van der Waals surface area contributed by atoms with Crippen molar-refractivity contribution >= 4 is 5.96 Å². The van der Waals surface area contributed by atoms with Crippen molar-refractivity contribution < 1.29 is 9.47 Å². The fourth-order valence-electron chi connectivity index (χ4n) is 1.92. The van der Waals surface area contributed by atoms with Crippen LogP contribution in [0.3, 0.4) is 0 Å². The topological polar surface area (TPSA) is 54.9 Å². The third-order valence-corrected chi connectivity index (χ3v) is 3.02. The van der Waals surface area contributed by atoms with Gasteiger partial charge in [0.15, 0.2) is 17.5 Å². The summed E-state index contributed by atoms with van der Waals surface area (Å²) in [5.41, 5.74) is 1.23. The van der Waals surface area contributed by atoms with Crippen molar-refractivity contribution in [3.63, 3.8) is 0 Å². The van der Waals surface area contributed by atoms with Crippen LogP contribution in [0.4, 0.5) is 0 Å². The Morgan fingerprint density at radius 2 is 2.00 bits per heavy atom. The smallest absolute Gasteiger partial charge is 0.191 e. The molecular weight excluding hydrogens is 266 g/mol. The van der Waals surface area contributed by atoms with Gasteiger partial charge in [0, 0.05) is 20.1 Å². The number of nitrogens with one attached hydrogen (secondary N) is 2. The zero-order valence-electron chi connectivity index (χ0n) is 13.1. The van der Waals surface area contributed by atoms with Crippen LogP contribution in [0.2, 0.25) is 0 Å². The molecule has 1 aromatic rings. The molecule has 0 amide bonds. The zero-order chi connectivity index (χ0) is 15.5. The molecule has 21 heavy (non-hydrogen) atoms. The first-order valence-electron chi connectivity index (χ1n) is 7.01. The van der Waals surface area contributed by atoms with E-state index in [1.54, 1.807) is 27.3 Å². The van der Waals surface area contributed by atoms with E-state index >= 15 is 0 Å². The molecule has 1 aromatic carbocycles. The number of hydrogen-bond acceptors (Lipinski definition) is 3. The predicted molar refractivity (Wildman–Crippen MR) is 87.4 cm³/mol. The quantitative estimate of drug-likeness (QED) is 0.333. The third kappa shape index (κ3) is 5.77. The first-order chi connectivity index (χ1) is 10.2. The van der Waals surface area contributed by atoms with Crippen LogP contribution in [0.1, 0.15) is 12.0 Å². The van der Waals surface area contributed by atoms with E-state index in [0.717, 1.165) is 36.8 Å². The summed E-state index contributed by atoms with van der Waals surface area (Å²) in [5, 5.41) is 6.40. The van der Waals surface area contributed by atoms with E-state index in [-0.39, 0.29) is 0 Å². The minimum atomic E-state index is 0.704. The van der Waals surface area contributed by atoms with Crippen LogP contribution < -0.4 is 20.1 Å². The van der Waals surface area contributed by atoms with Gasteiger partial charge in [-0.1, -0.05) is 12.1 Å². The molecule has 0 radical (unpaired) electrons. The Morgan fingerprint density at radius 3 is 2.62 bits per heavy atom. The lowest BCUT2D eigenvalue weighted by molar-refractivity contribution is 0.354. The molecule has 0 saturated carbocycles. The molecule has 5 nitrogen and oxygen atoms in total. The van der Waals surface area contributed by atoms with Crippen LogP contribution in [0.25, 0.3) is 0 Å². The highest BCUT2D eigenvalue weighted by Gasteiger charge is 2.04. The second-order valence-electron chi connectivity index (χ2n) is 4.46. The lowest BCUT2D eigenvalue weighted by Gasteiger charge is -2.11. The van der Waals surface area contributed by atoms with E-state index < -0.39 is 0 Å². The second kappa shape index (κ2) is 9.69. The van der Waals surface area contributed by atoms with Gasteiger partial charge in [-0.25, -0.2) is 0 Å². The predicted octanol–water partition coefficient (Wildman–Crippen LogP) is 1.99. The SMILES string of the molecule is C=CCNC(=NC)NCCCc1ccc(OC)c(OC)c1. The summed E-state index contributed by atoms with van der Waals surface area (Å²) >= 11 is 0. The maximum absolute atomic E-state index is 5.30. The molecule has 0 unspecified atom stereocenters. The van der Waals surface area contributed by atoms with Crippen molar-refractivity contribution in [3.8, 4) is 11.5 Å². The van der Waals surface area contributed by atoms with Crippen molar-refractivity contribution in [2.45, 2.75) is 12.8 Å². The van der Waals surface area contributed by atoms with Crippen molar-refractivity contribution in [2.24, 2.45) is 4.99 Å². The average Bonchev–Trinajstić information content (AvgIpc) is 2.53. The zero-order valence-corrected chi connectivity index (χ0v) is 13.1. The van der Waals surface area contributed by atoms with Crippen molar-refractivity contribution in [3.05, 3.63) is 36.4 Å². The van der Waals surface area contributed by atoms with Gasteiger partial charge < -0.3 is 20.1 Å². The van der Waals surface area contributed by atoms with Gasteiger partial charge in [-0.05, 0) is 30.5 Å². The summed E-state index contributed by atoms with van der Waals surface area (Å²) in [6.07, 6.45) is 3.77. The van der Waals surface area contributed by atoms with Crippen LogP contribution in [0.15, 0.2) is 35.8 Å². The Balaban J connectivity index is 2.40.